The van der Waals surface area contributed by atoms with E-state index in [4.69, 9.17) is 5.11 Å². The number of hydrogen-bond donors (Lipinski definition) is 2. The van der Waals surface area contributed by atoms with E-state index in [0.29, 0.717) is 0 Å². The molecule has 0 radical (unpaired) electrons. The highest BCUT2D eigenvalue weighted by atomic mass is 79.9. The average molecular weight is 370 g/mol. The summed E-state index contributed by atoms with van der Waals surface area (Å²) in [6, 6.07) is 0.414. The van der Waals surface area contributed by atoms with Crippen molar-refractivity contribution < 1.29 is 18.3 Å². The van der Waals surface area contributed by atoms with Crippen molar-refractivity contribution in [1.29, 1.82) is 0 Å². The monoisotopic (exact) mass is 369 g/mol. The van der Waals surface area contributed by atoms with Gasteiger partial charge >= 0.3 is 5.97 Å². The van der Waals surface area contributed by atoms with Gasteiger partial charge in [0.05, 0.1) is 3.79 Å². The number of nitrogens with one attached hydrogen (secondary N) is 1. The molecule has 1 unspecified atom stereocenters. The highest BCUT2D eigenvalue weighted by Gasteiger charge is 2.27. The molecule has 0 saturated heterocycles. The van der Waals surface area contributed by atoms with E-state index in [1.165, 1.54) is 6.07 Å². The summed E-state index contributed by atoms with van der Waals surface area (Å²) in [5.41, 5.74) is 0.807. The van der Waals surface area contributed by atoms with Crippen LogP contribution in [0.25, 0.3) is 0 Å². The van der Waals surface area contributed by atoms with Crippen molar-refractivity contribution in [3.8, 4) is 0 Å². The third kappa shape index (κ3) is 4.55. The fraction of sp³-hybridized carbons (Fsp3) is 0.545. The smallest absolute Gasteiger partial charge is 0.321 e. The lowest BCUT2D eigenvalue weighted by Gasteiger charge is -2.15. The Balaban J connectivity index is 2.97. The van der Waals surface area contributed by atoms with Gasteiger partial charge in [-0.25, -0.2) is 8.42 Å². The molecule has 0 aliphatic heterocycles. The molecule has 0 amide bonds. The fourth-order valence-electron chi connectivity index (χ4n) is 1.48. The van der Waals surface area contributed by atoms with E-state index in [1.807, 2.05) is 13.8 Å². The standard InChI is InChI=1S/C11H16BrNO4S2/c1-6(2)4-8(11(14)15)13-19(16,17)9-5-7(3)10(12)18-9/h5-6,8,13H,4H2,1-3H3,(H,14,15). The number of sulfonamides is 1. The van der Waals surface area contributed by atoms with Gasteiger partial charge < -0.3 is 5.11 Å². The third-order valence-electron chi connectivity index (χ3n) is 2.40. The zero-order chi connectivity index (χ0) is 14.8. The summed E-state index contributed by atoms with van der Waals surface area (Å²) >= 11 is 4.32. The van der Waals surface area contributed by atoms with E-state index in [9.17, 15) is 13.2 Å². The Morgan fingerprint density at radius 1 is 1.53 bits per heavy atom. The first-order chi connectivity index (χ1) is 8.63. The van der Waals surface area contributed by atoms with E-state index in [2.05, 4.69) is 20.7 Å². The Labute approximate surface area is 125 Å². The molecule has 1 aromatic rings. The molecular formula is C11H16BrNO4S2. The van der Waals surface area contributed by atoms with Gasteiger partial charge in [-0.3, -0.25) is 4.79 Å². The predicted molar refractivity (Wildman–Crippen MR) is 78.0 cm³/mol. The molecule has 1 rings (SSSR count). The van der Waals surface area contributed by atoms with Gasteiger partial charge in [-0.2, -0.15) is 4.72 Å². The van der Waals surface area contributed by atoms with Gasteiger partial charge in [0.25, 0.3) is 10.0 Å². The number of carbonyl (C=O) groups is 1. The van der Waals surface area contributed by atoms with Crippen molar-refractivity contribution in [3.05, 3.63) is 15.4 Å². The van der Waals surface area contributed by atoms with Crippen LogP contribution in [0.3, 0.4) is 0 Å². The predicted octanol–water partition coefficient (Wildman–Crippen LogP) is 2.60. The number of aryl methyl sites for hydroxylation is 1. The lowest BCUT2D eigenvalue weighted by atomic mass is 10.1. The molecule has 0 aliphatic rings. The zero-order valence-electron chi connectivity index (χ0n) is 10.8. The molecule has 0 aliphatic carbocycles. The Hall–Kier alpha value is -0.440. The Bertz CT molecular complexity index is 546. The summed E-state index contributed by atoms with van der Waals surface area (Å²) in [6.07, 6.45) is 0.250. The summed E-state index contributed by atoms with van der Waals surface area (Å²) in [4.78, 5) is 11.1. The van der Waals surface area contributed by atoms with Gasteiger partial charge in [0.1, 0.15) is 10.3 Å². The minimum Gasteiger partial charge on any atom is -0.480 e. The number of rotatable bonds is 6. The van der Waals surface area contributed by atoms with E-state index in [-0.39, 0.29) is 16.5 Å². The van der Waals surface area contributed by atoms with Crippen molar-refractivity contribution in [1.82, 2.24) is 4.72 Å². The largest absolute Gasteiger partial charge is 0.480 e. The molecule has 1 atom stereocenters. The Morgan fingerprint density at radius 3 is 2.47 bits per heavy atom. The molecule has 0 fully saturated rings. The first kappa shape index (κ1) is 16.6. The summed E-state index contributed by atoms with van der Waals surface area (Å²) < 4.78 is 27.3. The van der Waals surface area contributed by atoms with Gasteiger partial charge in [0.15, 0.2) is 0 Å². The maximum absolute atomic E-state index is 12.1. The molecule has 2 N–H and O–H groups in total. The minimum atomic E-state index is -3.79. The topological polar surface area (TPSA) is 83.5 Å². The number of hydrogen-bond acceptors (Lipinski definition) is 4. The van der Waals surface area contributed by atoms with Crippen LogP contribution in [0.4, 0.5) is 0 Å². The lowest BCUT2D eigenvalue weighted by Crippen LogP contribution is -2.41. The van der Waals surface area contributed by atoms with Crippen molar-refractivity contribution >= 4 is 43.3 Å². The van der Waals surface area contributed by atoms with E-state index < -0.39 is 22.0 Å². The van der Waals surface area contributed by atoms with Crippen LogP contribution >= 0.6 is 27.3 Å². The molecular weight excluding hydrogens is 354 g/mol. The van der Waals surface area contributed by atoms with Gasteiger partial charge in [0, 0.05) is 0 Å². The first-order valence-electron chi connectivity index (χ1n) is 5.64. The summed E-state index contributed by atoms with van der Waals surface area (Å²) in [5.74, 6) is -1.08. The maximum Gasteiger partial charge on any atom is 0.321 e. The van der Waals surface area contributed by atoms with Crippen molar-refractivity contribution in [2.24, 2.45) is 5.92 Å². The molecule has 108 valence electrons. The second-order valence-corrected chi connectivity index (χ2v) is 8.97. The van der Waals surface area contributed by atoms with Crippen LogP contribution < -0.4 is 4.72 Å². The van der Waals surface area contributed by atoms with Gasteiger partial charge in [-0.1, -0.05) is 13.8 Å². The summed E-state index contributed by atoms with van der Waals surface area (Å²) in [5, 5.41) is 9.06. The molecule has 0 spiro atoms. The maximum atomic E-state index is 12.1. The van der Waals surface area contributed by atoms with Gasteiger partial charge in [-0.05, 0) is 46.8 Å². The van der Waals surface area contributed by atoms with Crippen molar-refractivity contribution in [2.75, 3.05) is 0 Å². The molecule has 0 bridgehead atoms. The normalized spacial score (nSPS) is 13.7. The first-order valence-corrected chi connectivity index (χ1v) is 8.74. The van der Waals surface area contributed by atoms with Crippen molar-refractivity contribution in [2.45, 2.75) is 37.4 Å². The van der Waals surface area contributed by atoms with E-state index in [0.717, 1.165) is 20.7 Å². The zero-order valence-corrected chi connectivity index (χ0v) is 14.0. The number of thiophene rings is 1. The molecule has 19 heavy (non-hydrogen) atoms. The van der Waals surface area contributed by atoms with Crippen LogP contribution in [0, 0.1) is 12.8 Å². The number of carboxylic acid groups (broad SMARTS) is 1. The van der Waals surface area contributed by atoms with Crippen LogP contribution in [0.15, 0.2) is 14.1 Å². The summed E-state index contributed by atoms with van der Waals surface area (Å²) in [7, 11) is -3.79. The van der Waals surface area contributed by atoms with Crippen LogP contribution in [0.1, 0.15) is 25.8 Å². The van der Waals surface area contributed by atoms with Crippen LogP contribution in [-0.4, -0.2) is 25.5 Å². The third-order valence-corrected chi connectivity index (χ3v) is 6.48. The molecule has 1 aromatic heterocycles. The van der Waals surface area contributed by atoms with Crippen LogP contribution in [0.2, 0.25) is 0 Å². The van der Waals surface area contributed by atoms with Crippen LogP contribution in [0.5, 0.6) is 0 Å². The average Bonchev–Trinajstić information content (AvgIpc) is 2.58. The second-order valence-electron chi connectivity index (χ2n) is 4.66. The Morgan fingerprint density at radius 2 is 2.11 bits per heavy atom. The quantitative estimate of drug-likeness (QED) is 0.806. The van der Waals surface area contributed by atoms with E-state index in [1.54, 1.807) is 6.92 Å². The van der Waals surface area contributed by atoms with E-state index >= 15 is 0 Å². The molecule has 0 saturated carbocycles. The number of aliphatic carboxylic acids is 1. The molecule has 0 aromatic carbocycles. The lowest BCUT2D eigenvalue weighted by molar-refractivity contribution is -0.139. The van der Waals surface area contributed by atoms with Crippen LogP contribution in [-0.2, 0) is 14.8 Å². The highest BCUT2D eigenvalue weighted by molar-refractivity contribution is 9.11. The van der Waals surface area contributed by atoms with Gasteiger partial charge in [-0.15, -0.1) is 11.3 Å². The fourth-order valence-corrected chi connectivity index (χ4v) is 4.92. The van der Waals surface area contributed by atoms with Gasteiger partial charge in [0.2, 0.25) is 0 Å². The SMILES string of the molecule is Cc1cc(S(=O)(=O)NC(CC(C)C)C(=O)O)sc1Br. The molecule has 1 heterocycles. The van der Waals surface area contributed by atoms with Crippen molar-refractivity contribution in [3.63, 3.8) is 0 Å². The second kappa shape index (κ2) is 6.34. The number of halogens is 1. The highest BCUT2D eigenvalue weighted by Crippen LogP contribution is 2.30. The minimum absolute atomic E-state index is 0.0839. The summed E-state index contributed by atoms with van der Waals surface area (Å²) in [6.45, 7) is 5.47. The Kier molecular flexibility index (Phi) is 5.54. The molecule has 5 nitrogen and oxygen atoms in total. The molecule has 8 heteroatoms. The number of carboxylic acids is 1.